The van der Waals surface area contributed by atoms with Gasteiger partial charge in [0.1, 0.15) is 29.7 Å². The Balaban J connectivity index is 1.74. The molecule has 1 aliphatic rings. The number of aryl methyl sites for hydroxylation is 2. The van der Waals surface area contributed by atoms with E-state index in [-0.39, 0.29) is 12.1 Å². The van der Waals surface area contributed by atoms with E-state index in [1.165, 1.54) is 0 Å². The van der Waals surface area contributed by atoms with E-state index >= 15 is 0 Å². The molecule has 3 heterocycles. The Kier molecular flexibility index (Phi) is 5.10. The van der Waals surface area contributed by atoms with Gasteiger partial charge in [0.2, 0.25) is 0 Å². The van der Waals surface area contributed by atoms with Gasteiger partial charge in [-0.3, -0.25) is 0 Å². The lowest BCUT2D eigenvalue weighted by atomic mass is 10.2. The van der Waals surface area contributed by atoms with Crippen LogP contribution in [0.25, 0.3) is 0 Å². The number of anilines is 2. The molecule has 0 amide bonds. The van der Waals surface area contributed by atoms with Crippen LogP contribution < -0.4 is 10.2 Å². The van der Waals surface area contributed by atoms with Gasteiger partial charge in [-0.2, -0.15) is 5.26 Å². The number of nitrogens with one attached hydrogen (secondary N) is 1. The standard InChI is InChI=1S/C18H22N6O/c1-12-4-5-17(23-16(12)8-19)20-9-14-7-15(25-3)10-24(14)18-6-13(2)21-11-22-18/h4-6,11,14-15H,7,9-10H2,1-3H3,(H,20,23)/t14-,15-/m0/s1. The van der Waals surface area contributed by atoms with Crippen LogP contribution in [-0.2, 0) is 4.74 Å². The summed E-state index contributed by atoms with van der Waals surface area (Å²) in [5.74, 6) is 1.62. The van der Waals surface area contributed by atoms with Gasteiger partial charge in [0, 0.05) is 32.0 Å². The summed E-state index contributed by atoms with van der Waals surface area (Å²) in [5.41, 5.74) is 2.28. The van der Waals surface area contributed by atoms with Crippen LogP contribution in [0.1, 0.15) is 23.4 Å². The molecule has 0 spiro atoms. The van der Waals surface area contributed by atoms with Gasteiger partial charge >= 0.3 is 0 Å². The van der Waals surface area contributed by atoms with Crippen molar-refractivity contribution in [2.75, 3.05) is 30.4 Å². The molecule has 1 N–H and O–H groups in total. The topological polar surface area (TPSA) is 87.0 Å². The smallest absolute Gasteiger partial charge is 0.145 e. The fourth-order valence-electron chi connectivity index (χ4n) is 3.08. The van der Waals surface area contributed by atoms with Crippen molar-refractivity contribution in [1.29, 1.82) is 5.26 Å². The number of methoxy groups -OCH3 is 1. The molecule has 130 valence electrons. The van der Waals surface area contributed by atoms with Crippen LogP contribution in [0.2, 0.25) is 0 Å². The summed E-state index contributed by atoms with van der Waals surface area (Å²) in [6.45, 7) is 5.34. The molecule has 3 rings (SSSR count). The van der Waals surface area contributed by atoms with Crippen molar-refractivity contribution in [3.63, 3.8) is 0 Å². The minimum Gasteiger partial charge on any atom is -0.380 e. The van der Waals surface area contributed by atoms with Gasteiger partial charge in [-0.1, -0.05) is 6.07 Å². The molecule has 25 heavy (non-hydrogen) atoms. The molecular weight excluding hydrogens is 316 g/mol. The van der Waals surface area contributed by atoms with E-state index in [1.54, 1.807) is 13.4 Å². The first-order valence-electron chi connectivity index (χ1n) is 8.30. The Morgan fingerprint density at radius 2 is 2.20 bits per heavy atom. The second-order valence-corrected chi connectivity index (χ2v) is 6.27. The van der Waals surface area contributed by atoms with E-state index in [1.807, 2.05) is 32.0 Å². The molecule has 1 saturated heterocycles. The molecule has 1 fully saturated rings. The average Bonchev–Trinajstić information content (AvgIpc) is 3.04. The first kappa shape index (κ1) is 17.1. The molecular formula is C18H22N6O. The molecule has 0 saturated carbocycles. The first-order valence-corrected chi connectivity index (χ1v) is 8.30. The molecule has 1 aliphatic heterocycles. The predicted molar refractivity (Wildman–Crippen MR) is 95.5 cm³/mol. The van der Waals surface area contributed by atoms with Gasteiger partial charge in [-0.15, -0.1) is 0 Å². The summed E-state index contributed by atoms with van der Waals surface area (Å²) in [6.07, 6.45) is 2.67. The molecule has 0 aliphatic carbocycles. The number of pyridine rings is 1. The molecule has 2 atom stereocenters. The Morgan fingerprint density at radius 1 is 1.36 bits per heavy atom. The van der Waals surface area contributed by atoms with E-state index in [0.29, 0.717) is 18.1 Å². The minimum absolute atomic E-state index is 0.169. The largest absolute Gasteiger partial charge is 0.380 e. The lowest BCUT2D eigenvalue weighted by Crippen LogP contribution is -2.36. The maximum Gasteiger partial charge on any atom is 0.145 e. The molecule has 0 aromatic carbocycles. The molecule has 7 heteroatoms. The first-order chi connectivity index (χ1) is 12.1. The molecule has 0 radical (unpaired) electrons. The van der Waals surface area contributed by atoms with Crippen LogP contribution in [0.15, 0.2) is 24.5 Å². The lowest BCUT2D eigenvalue weighted by Gasteiger charge is -2.26. The Hall–Kier alpha value is -2.72. The van der Waals surface area contributed by atoms with Crippen molar-refractivity contribution in [2.24, 2.45) is 0 Å². The normalized spacial score (nSPS) is 19.7. The van der Waals surface area contributed by atoms with Crippen molar-refractivity contribution in [3.05, 3.63) is 41.5 Å². The van der Waals surface area contributed by atoms with Crippen LogP contribution in [0.3, 0.4) is 0 Å². The fraction of sp³-hybridized carbons (Fsp3) is 0.444. The highest BCUT2D eigenvalue weighted by Gasteiger charge is 2.33. The number of aromatic nitrogens is 3. The van der Waals surface area contributed by atoms with Crippen LogP contribution in [0.4, 0.5) is 11.6 Å². The van der Waals surface area contributed by atoms with Gasteiger partial charge in [0.05, 0.1) is 12.1 Å². The maximum absolute atomic E-state index is 9.13. The quantitative estimate of drug-likeness (QED) is 0.893. The van der Waals surface area contributed by atoms with Crippen molar-refractivity contribution in [2.45, 2.75) is 32.4 Å². The van der Waals surface area contributed by atoms with Crippen molar-refractivity contribution >= 4 is 11.6 Å². The van der Waals surface area contributed by atoms with Gasteiger partial charge in [-0.25, -0.2) is 15.0 Å². The zero-order chi connectivity index (χ0) is 17.8. The van der Waals surface area contributed by atoms with E-state index < -0.39 is 0 Å². The van der Waals surface area contributed by atoms with Crippen molar-refractivity contribution < 1.29 is 4.74 Å². The van der Waals surface area contributed by atoms with E-state index in [2.05, 4.69) is 31.2 Å². The molecule has 7 nitrogen and oxygen atoms in total. The second-order valence-electron chi connectivity index (χ2n) is 6.27. The summed E-state index contributed by atoms with van der Waals surface area (Å²) >= 11 is 0. The maximum atomic E-state index is 9.13. The van der Waals surface area contributed by atoms with Gasteiger partial charge in [-0.05, 0) is 31.9 Å². The number of hydrogen-bond acceptors (Lipinski definition) is 7. The SMILES string of the molecule is CO[C@H]1C[C@@H](CNc2ccc(C)c(C#N)n2)N(c2cc(C)ncn2)C1. The fourth-order valence-corrected chi connectivity index (χ4v) is 3.08. The molecule has 0 bridgehead atoms. The lowest BCUT2D eigenvalue weighted by molar-refractivity contribution is 0.118. The Labute approximate surface area is 147 Å². The molecule has 2 aromatic rings. The third kappa shape index (κ3) is 3.86. The number of nitrogens with zero attached hydrogens (tertiary/aromatic N) is 5. The molecule has 2 aromatic heterocycles. The number of ether oxygens (including phenoxy) is 1. The monoisotopic (exact) mass is 338 g/mol. The van der Waals surface area contributed by atoms with E-state index in [0.717, 1.165) is 30.0 Å². The van der Waals surface area contributed by atoms with Crippen LogP contribution in [0, 0.1) is 25.2 Å². The highest BCUT2D eigenvalue weighted by molar-refractivity contribution is 5.45. The van der Waals surface area contributed by atoms with Crippen LogP contribution in [0.5, 0.6) is 0 Å². The Bertz CT molecular complexity index is 787. The van der Waals surface area contributed by atoms with Gasteiger partial charge in [0.15, 0.2) is 0 Å². The Morgan fingerprint density at radius 3 is 2.92 bits per heavy atom. The summed E-state index contributed by atoms with van der Waals surface area (Å²) in [6, 6.07) is 8.15. The molecule has 0 unspecified atom stereocenters. The minimum atomic E-state index is 0.169. The summed E-state index contributed by atoms with van der Waals surface area (Å²) in [5, 5.41) is 12.5. The summed E-state index contributed by atoms with van der Waals surface area (Å²) in [4.78, 5) is 15.2. The predicted octanol–water partition coefficient (Wildman–Crippen LogP) is 2.07. The number of nitriles is 1. The highest BCUT2D eigenvalue weighted by Crippen LogP contribution is 2.26. The summed E-state index contributed by atoms with van der Waals surface area (Å²) in [7, 11) is 1.74. The van der Waals surface area contributed by atoms with Gasteiger partial charge < -0.3 is 15.0 Å². The second kappa shape index (κ2) is 7.45. The third-order valence-electron chi connectivity index (χ3n) is 4.51. The summed E-state index contributed by atoms with van der Waals surface area (Å²) < 4.78 is 5.56. The van der Waals surface area contributed by atoms with Gasteiger partial charge in [0.25, 0.3) is 0 Å². The average molecular weight is 338 g/mol. The van der Waals surface area contributed by atoms with E-state index in [9.17, 15) is 0 Å². The van der Waals surface area contributed by atoms with Crippen molar-refractivity contribution in [1.82, 2.24) is 15.0 Å². The zero-order valence-electron chi connectivity index (χ0n) is 14.7. The van der Waals surface area contributed by atoms with E-state index in [4.69, 9.17) is 10.00 Å². The van der Waals surface area contributed by atoms with Crippen molar-refractivity contribution in [3.8, 4) is 6.07 Å². The zero-order valence-corrected chi connectivity index (χ0v) is 14.7. The highest BCUT2D eigenvalue weighted by atomic mass is 16.5. The van der Waals surface area contributed by atoms with Crippen LogP contribution >= 0.6 is 0 Å². The number of rotatable bonds is 5. The number of hydrogen-bond donors (Lipinski definition) is 1. The third-order valence-corrected chi connectivity index (χ3v) is 4.51. The van der Waals surface area contributed by atoms with Crippen LogP contribution in [-0.4, -0.2) is 47.3 Å².